The molecule has 238 valence electrons. The van der Waals surface area contributed by atoms with Crippen LogP contribution in [-0.4, -0.2) is 35.6 Å². The molecule has 0 saturated carbocycles. The van der Waals surface area contributed by atoms with Crippen LogP contribution < -0.4 is 26.1 Å². The number of fused-ring (bicyclic) bond motifs is 1. The maximum Gasteiger partial charge on any atom is 0.586 e. The van der Waals surface area contributed by atoms with Gasteiger partial charge < -0.3 is 24.9 Å². The lowest BCUT2D eigenvalue weighted by Crippen LogP contribution is -2.31. The van der Waals surface area contributed by atoms with Crippen LogP contribution in [0.3, 0.4) is 0 Å². The van der Waals surface area contributed by atoms with Crippen molar-refractivity contribution in [3.05, 3.63) is 88.6 Å². The molecule has 0 fully saturated rings. The van der Waals surface area contributed by atoms with Gasteiger partial charge in [0.2, 0.25) is 0 Å². The Balaban J connectivity index is 1.70. The average Bonchev–Trinajstić information content (AvgIpc) is 3.49. The highest BCUT2D eigenvalue weighted by Crippen LogP contribution is 2.43. The van der Waals surface area contributed by atoms with Crippen LogP contribution in [0.2, 0.25) is 5.02 Å². The highest BCUT2D eigenvalue weighted by Gasteiger charge is 2.43. The van der Waals surface area contributed by atoms with Crippen LogP contribution in [0.1, 0.15) is 22.6 Å². The zero-order chi connectivity index (χ0) is 33.1. The number of ether oxygens (including phenoxy) is 2. The number of hydrazine groups is 1. The van der Waals surface area contributed by atoms with Gasteiger partial charge in [0, 0.05) is 34.8 Å². The smallest absolute Gasteiger partial charge is 0.403 e. The van der Waals surface area contributed by atoms with Crippen LogP contribution >= 0.6 is 11.6 Å². The second-order valence-electron chi connectivity index (χ2n) is 9.86. The molecule has 1 aliphatic heterocycles. The summed E-state index contributed by atoms with van der Waals surface area (Å²) in [5.41, 5.74) is 5.60. The van der Waals surface area contributed by atoms with Crippen molar-refractivity contribution in [2.45, 2.75) is 30.9 Å². The van der Waals surface area contributed by atoms with Gasteiger partial charge in [0.15, 0.2) is 27.0 Å². The van der Waals surface area contributed by atoms with Gasteiger partial charge in [-0.3, -0.25) is 5.01 Å². The van der Waals surface area contributed by atoms with E-state index in [1.807, 2.05) is 0 Å². The van der Waals surface area contributed by atoms with Crippen LogP contribution in [0.5, 0.6) is 11.5 Å². The molecular formula is C28H23ClF5N5O5S. The van der Waals surface area contributed by atoms with Crippen LogP contribution in [0, 0.1) is 6.92 Å². The summed E-state index contributed by atoms with van der Waals surface area (Å²) in [7, 11) is -3.86. The number of alkyl halides is 5. The van der Waals surface area contributed by atoms with Crippen molar-refractivity contribution >= 4 is 32.8 Å². The van der Waals surface area contributed by atoms with Crippen molar-refractivity contribution in [1.82, 2.24) is 9.55 Å². The van der Waals surface area contributed by atoms with Gasteiger partial charge in [-0.05, 0) is 60.5 Å². The zero-order valence-electron chi connectivity index (χ0n) is 23.2. The molecule has 0 aliphatic carbocycles. The van der Waals surface area contributed by atoms with Crippen molar-refractivity contribution in [2.75, 3.05) is 11.3 Å². The maximum absolute atomic E-state index is 13.7. The Labute approximate surface area is 257 Å². The van der Waals surface area contributed by atoms with Crippen molar-refractivity contribution < 1.29 is 45.0 Å². The first kappa shape index (κ1) is 32.0. The van der Waals surface area contributed by atoms with Gasteiger partial charge in [0.1, 0.15) is 5.82 Å². The lowest BCUT2D eigenvalue weighted by Gasteiger charge is -2.26. The summed E-state index contributed by atoms with van der Waals surface area (Å²) in [6.07, 6.45) is -5.90. The van der Waals surface area contributed by atoms with Crippen LogP contribution in [0.25, 0.3) is 22.5 Å². The average molecular weight is 672 g/mol. The molecule has 1 aliphatic rings. The predicted molar refractivity (Wildman–Crippen MR) is 154 cm³/mol. The highest BCUT2D eigenvalue weighted by atomic mass is 35.5. The van der Waals surface area contributed by atoms with Gasteiger partial charge in [-0.1, -0.05) is 17.7 Å². The molecule has 4 aromatic rings. The predicted octanol–water partition coefficient (Wildman–Crippen LogP) is 5.37. The topological polar surface area (TPSA) is 146 Å². The molecule has 0 unspecified atom stereocenters. The largest absolute Gasteiger partial charge is 0.586 e. The minimum atomic E-state index is -4.76. The number of hydrogen-bond acceptors (Lipinski definition) is 9. The molecule has 5 rings (SSSR count). The molecule has 0 radical (unpaired) electrons. The van der Waals surface area contributed by atoms with Crippen molar-refractivity contribution in [3.63, 3.8) is 0 Å². The number of benzene rings is 3. The molecule has 0 atom stereocenters. The number of imidazole rings is 1. The molecule has 0 amide bonds. The maximum atomic E-state index is 13.7. The van der Waals surface area contributed by atoms with E-state index in [1.54, 1.807) is 0 Å². The summed E-state index contributed by atoms with van der Waals surface area (Å²) in [5.74, 6) is 5.93. The van der Waals surface area contributed by atoms with E-state index in [0.29, 0.717) is 5.56 Å². The van der Waals surface area contributed by atoms with Crippen LogP contribution in [0.4, 0.5) is 27.6 Å². The molecule has 0 saturated heterocycles. The Bertz CT molecular complexity index is 1960. The number of halogens is 6. The molecule has 1 aromatic heterocycles. The number of anilines is 1. The van der Waals surface area contributed by atoms with E-state index in [4.69, 9.17) is 23.2 Å². The SMILES string of the molecule is Cc1nc(C(F)(F)F)cn1-c1ccc(-c2cc(Cl)c(CO)c(S(C)(=O)=O)c2)cc1N(N)/C(=C\N)c1ccc2c(c1)OC(F)(F)O2. The normalized spacial score (nSPS) is 14.6. The molecule has 0 spiro atoms. The summed E-state index contributed by atoms with van der Waals surface area (Å²) in [5, 5.41) is 10.7. The number of nitrogens with two attached hydrogens (primary N) is 2. The van der Waals surface area contributed by atoms with Gasteiger partial charge in [-0.2, -0.15) is 13.2 Å². The summed E-state index contributed by atoms with van der Waals surface area (Å²) in [4.78, 5) is 3.38. The number of aliphatic hydroxyl groups is 1. The minimum Gasteiger partial charge on any atom is -0.403 e. The Hall–Kier alpha value is -4.38. The van der Waals surface area contributed by atoms with E-state index in [1.165, 1.54) is 55.5 Å². The minimum absolute atomic E-state index is 0.00863. The Kier molecular flexibility index (Phi) is 7.97. The number of aryl methyl sites for hydroxylation is 1. The first-order valence-electron chi connectivity index (χ1n) is 12.7. The number of nitrogens with zero attached hydrogens (tertiary/aromatic N) is 3. The zero-order valence-corrected chi connectivity index (χ0v) is 24.8. The second kappa shape index (κ2) is 11.2. The van der Waals surface area contributed by atoms with E-state index in [2.05, 4.69) is 14.5 Å². The molecule has 10 nitrogen and oxygen atoms in total. The Morgan fingerprint density at radius 3 is 2.40 bits per heavy atom. The molecule has 17 heteroatoms. The molecular weight excluding hydrogens is 649 g/mol. The van der Waals surface area contributed by atoms with Gasteiger partial charge in [-0.25, -0.2) is 19.2 Å². The lowest BCUT2D eigenvalue weighted by atomic mass is 10.0. The molecule has 5 N–H and O–H groups in total. The first-order chi connectivity index (χ1) is 20.9. The summed E-state index contributed by atoms with van der Waals surface area (Å²) in [6, 6.07) is 10.8. The van der Waals surface area contributed by atoms with Crippen molar-refractivity contribution in [2.24, 2.45) is 11.6 Å². The number of rotatable bonds is 7. The van der Waals surface area contributed by atoms with E-state index in [0.717, 1.165) is 28.2 Å². The van der Waals surface area contributed by atoms with E-state index >= 15 is 0 Å². The van der Waals surface area contributed by atoms with E-state index in [9.17, 15) is 35.5 Å². The standard InChI is InChI=1S/C28H23ClF5N5O5S/c1-14-37-26(27(30,31)32)12-38(14)20-5-3-15(17-7-19(29)18(13-40)25(10-17)45(2,41)42)8-21(20)39(36)22(11-35)16-4-6-23-24(9-16)44-28(33,34)43-23/h3-12,40H,13,35-36H2,1-2H3/b22-11-. The van der Waals surface area contributed by atoms with Gasteiger partial charge in [0.25, 0.3) is 0 Å². The van der Waals surface area contributed by atoms with Crippen molar-refractivity contribution in [1.29, 1.82) is 0 Å². The van der Waals surface area contributed by atoms with Crippen LogP contribution in [-0.2, 0) is 22.6 Å². The van der Waals surface area contributed by atoms with Crippen molar-refractivity contribution in [3.8, 4) is 28.3 Å². The number of aliphatic hydroxyl groups excluding tert-OH is 1. The summed E-state index contributed by atoms with van der Waals surface area (Å²) in [6.45, 7) is 0.688. The van der Waals surface area contributed by atoms with E-state index in [-0.39, 0.29) is 61.0 Å². The summed E-state index contributed by atoms with van der Waals surface area (Å²) >= 11 is 6.33. The number of aromatic nitrogens is 2. The quantitative estimate of drug-likeness (QED) is 0.134. The fourth-order valence-electron chi connectivity index (χ4n) is 4.77. The second-order valence-corrected chi connectivity index (χ2v) is 12.3. The lowest BCUT2D eigenvalue weighted by molar-refractivity contribution is -0.286. The third-order valence-electron chi connectivity index (χ3n) is 6.83. The molecule has 3 aromatic carbocycles. The number of hydrogen-bond donors (Lipinski definition) is 3. The van der Waals surface area contributed by atoms with Crippen LogP contribution in [0.15, 0.2) is 65.8 Å². The Morgan fingerprint density at radius 2 is 1.80 bits per heavy atom. The molecule has 45 heavy (non-hydrogen) atoms. The fraction of sp³-hybridized carbons (Fsp3) is 0.179. The Morgan fingerprint density at radius 1 is 1.11 bits per heavy atom. The van der Waals surface area contributed by atoms with Gasteiger partial charge >= 0.3 is 12.5 Å². The monoisotopic (exact) mass is 671 g/mol. The fourth-order valence-corrected chi connectivity index (χ4v) is 6.07. The van der Waals surface area contributed by atoms with Gasteiger partial charge in [0.05, 0.1) is 28.6 Å². The summed E-state index contributed by atoms with van der Waals surface area (Å²) < 4.78 is 103. The third-order valence-corrected chi connectivity index (χ3v) is 8.33. The molecule has 2 heterocycles. The van der Waals surface area contributed by atoms with E-state index < -0.39 is 34.6 Å². The highest BCUT2D eigenvalue weighted by molar-refractivity contribution is 7.90. The van der Waals surface area contributed by atoms with Gasteiger partial charge in [-0.15, -0.1) is 8.78 Å². The molecule has 0 bridgehead atoms. The third kappa shape index (κ3) is 6.13. The number of sulfone groups is 1. The first-order valence-corrected chi connectivity index (χ1v) is 15.0.